The Morgan fingerprint density at radius 1 is 0.952 bits per heavy atom. The van der Waals surface area contributed by atoms with E-state index in [0.717, 1.165) is 11.1 Å². The zero-order chi connectivity index (χ0) is 15.1. The van der Waals surface area contributed by atoms with Crippen molar-refractivity contribution in [2.45, 2.75) is 13.5 Å². The number of hydrazine groups is 1. The van der Waals surface area contributed by atoms with Crippen molar-refractivity contribution < 1.29 is 14.3 Å². The molecule has 0 aliphatic carbocycles. The molecule has 0 aliphatic rings. The minimum Gasteiger partial charge on any atom is -0.443 e. The summed E-state index contributed by atoms with van der Waals surface area (Å²) in [6, 6.07) is 16.4. The van der Waals surface area contributed by atoms with Crippen LogP contribution in [-0.2, 0) is 11.3 Å². The number of carbonyl (C=O) groups excluding carboxylic acids is 2. The molecule has 5 heteroatoms. The van der Waals surface area contributed by atoms with Gasteiger partial charge >= 0.3 is 6.09 Å². The molecule has 0 atom stereocenters. The van der Waals surface area contributed by atoms with Crippen molar-refractivity contribution in [1.82, 2.24) is 10.9 Å². The Morgan fingerprint density at radius 3 is 2.33 bits per heavy atom. The van der Waals surface area contributed by atoms with Gasteiger partial charge in [-0.1, -0.05) is 48.5 Å². The number of carbonyl (C=O) groups is 2. The van der Waals surface area contributed by atoms with Crippen molar-refractivity contribution in [2.24, 2.45) is 0 Å². The molecule has 0 heterocycles. The van der Waals surface area contributed by atoms with Gasteiger partial charge in [-0.2, -0.15) is 0 Å². The largest absolute Gasteiger partial charge is 0.443 e. The third-order valence-electron chi connectivity index (χ3n) is 2.88. The van der Waals surface area contributed by atoms with Gasteiger partial charge in [-0.05, 0) is 24.1 Å². The van der Waals surface area contributed by atoms with E-state index in [1.54, 1.807) is 12.1 Å². The van der Waals surface area contributed by atoms with Crippen LogP contribution in [0, 0.1) is 6.92 Å². The van der Waals surface area contributed by atoms with Gasteiger partial charge in [0.05, 0.1) is 0 Å². The van der Waals surface area contributed by atoms with Gasteiger partial charge in [0.1, 0.15) is 6.61 Å². The molecule has 0 fully saturated rings. The van der Waals surface area contributed by atoms with Crippen LogP contribution in [0.3, 0.4) is 0 Å². The number of hydrogen-bond donors (Lipinski definition) is 2. The van der Waals surface area contributed by atoms with Gasteiger partial charge in [0, 0.05) is 5.56 Å². The van der Waals surface area contributed by atoms with E-state index < -0.39 is 6.09 Å². The number of benzene rings is 2. The molecule has 2 amide bonds. The second kappa shape index (κ2) is 7.09. The van der Waals surface area contributed by atoms with Crippen LogP contribution in [0.15, 0.2) is 54.6 Å². The number of ether oxygens (including phenoxy) is 1. The lowest BCUT2D eigenvalue weighted by Gasteiger charge is -2.09. The molecule has 0 radical (unpaired) electrons. The fourth-order valence-corrected chi connectivity index (χ4v) is 1.76. The maximum Gasteiger partial charge on any atom is 0.426 e. The molecule has 0 aromatic heterocycles. The van der Waals surface area contributed by atoms with E-state index in [2.05, 4.69) is 10.9 Å². The summed E-state index contributed by atoms with van der Waals surface area (Å²) < 4.78 is 4.98. The van der Waals surface area contributed by atoms with Crippen LogP contribution in [0.2, 0.25) is 0 Å². The Hall–Kier alpha value is -2.82. The van der Waals surface area contributed by atoms with Gasteiger partial charge in [-0.3, -0.25) is 10.2 Å². The highest BCUT2D eigenvalue weighted by Gasteiger charge is 2.09. The third-order valence-corrected chi connectivity index (χ3v) is 2.88. The molecule has 0 unspecified atom stereocenters. The lowest BCUT2D eigenvalue weighted by Crippen LogP contribution is -2.42. The second-order valence-corrected chi connectivity index (χ2v) is 4.46. The summed E-state index contributed by atoms with van der Waals surface area (Å²) in [6.07, 6.45) is -0.708. The molecule has 0 aliphatic heterocycles. The molecule has 2 N–H and O–H groups in total. The predicted molar refractivity (Wildman–Crippen MR) is 78.4 cm³/mol. The zero-order valence-corrected chi connectivity index (χ0v) is 11.6. The van der Waals surface area contributed by atoms with Gasteiger partial charge in [-0.25, -0.2) is 10.2 Å². The average molecular weight is 284 g/mol. The molecule has 108 valence electrons. The normalized spacial score (nSPS) is 9.76. The molecule has 2 rings (SSSR count). The molecular weight excluding hydrogens is 268 g/mol. The van der Waals surface area contributed by atoms with Gasteiger partial charge in [0.15, 0.2) is 0 Å². The Kier molecular flexibility index (Phi) is 4.93. The highest BCUT2D eigenvalue weighted by Crippen LogP contribution is 2.06. The van der Waals surface area contributed by atoms with Crippen LogP contribution in [0.5, 0.6) is 0 Å². The molecule has 2 aromatic carbocycles. The topological polar surface area (TPSA) is 67.4 Å². The first-order valence-electron chi connectivity index (χ1n) is 6.49. The molecular formula is C16H16N2O3. The minimum atomic E-state index is -0.708. The molecule has 5 nitrogen and oxygen atoms in total. The average Bonchev–Trinajstić information content (AvgIpc) is 2.52. The number of nitrogens with one attached hydrogen (secondary N) is 2. The Labute approximate surface area is 122 Å². The van der Waals surface area contributed by atoms with Gasteiger partial charge in [-0.15, -0.1) is 0 Å². The fraction of sp³-hybridized carbons (Fsp3) is 0.125. The van der Waals surface area contributed by atoms with Crippen LogP contribution < -0.4 is 10.9 Å². The van der Waals surface area contributed by atoms with E-state index >= 15 is 0 Å². The number of hydrogen-bond acceptors (Lipinski definition) is 3. The SMILES string of the molecule is Cc1ccccc1C(=O)NNC(=O)OCc1ccccc1. The highest BCUT2D eigenvalue weighted by molar-refractivity contribution is 5.96. The first kappa shape index (κ1) is 14.6. The highest BCUT2D eigenvalue weighted by atomic mass is 16.6. The maximum atomic E-state index is 11.9. The van der Waals surface area contributed by atoms with Crippen molar-refractivity contribution in [3.05, 3.63) is 71.3 Å². The lowest BCUT2D eigenvalue weighted by atomic mass is 10.1. The monoisotopic (exact) mass is 284 g/mol. The Morgan fingerprint density at radius 2 is 1.62 bits per heavy atom. The van der Waals surface area contributed by atoms with E-state index in [1.807, 2.05) is 49.4 Å². The maximum absolute atomic E-state index is 11.9. The summed E-state index contributed by atoms with van der Waals surface area (Å²) >= 11 is 0. The van der Waals surface area contributed by atoms with Gasteiger partial charge < -0.3 is 4.74 Å². The first-order chi connectivity index (χ1) is 10.2. The minimum absolute atomic E-state index is 0.146. The molecule has 0 saturated carbocycles. The standard InChI is InChI=1S/C16H16N2O3/c1-12-7-5-6-10-14(12)15(19)17-18-16(20)21-11-13-8-3-2-4-9-13/h2-10H,11H2,1H3,(H,17,19)(H,18,20). The summed E-state index contributed by atoms with van der Waals surface area (Å²) in [5.41, 5.74) is 6.73. The summed E-state index contributed by atoms with van der Waals surface area (Å²) in [6.45, 7) is 1.97. The quantitative estimate of drug-likeness (QED) is 0.851. The van der Waals surface area contributed by atoms with Crippen molar-refractivity contribution in [3.8, 4) is 0 Å². The van der Waals surface area contributed by atoms with Crippen molar-refractivity contribution >= 4 is 12.0 Å². The van der Waals surface area contributed by atoms with Crippen LogP contribution >= 0.6 is 0 Å². The number of rotatable bonds is 3. The molecule has 2 aromatic rings. The summed E-state index contributed by atoms with van der Waals surface area (Å²) in [5, 5.41) is 0. The molecule has 0 spiro atoms. The summed E-state index contributed by atoms with van der Waals surface area (Å²) in [4.78, 5) is 23.4. The van der Waals surface area contributed by atoms with E-state index in [1.165, 1.54) is 0 Å². The van der Waals surface area contributed by atoms with Crippen LogP contribution in [0.1, 0.15) is 21.5 Å². The smallest absolute Gasteiger partial charge is 0.426 e. The van der Waals surface area contributed by atoms with Crippen molar-refractivity contribution in [3.63, 3.8) is 0 Å². The molecule has 21 heavy (non-hydrogen) atoms. The first-order valence-corrected chi connectivity index (χ1v) is 6.49. The van der Waals surface area contributed by atoms with Crippen LogP contribution in [-0.4, -0.2) is 12.0 Å². The fourth-order valence-electron chi connectivity index (χ4n) is 1.76. The predicted octanol–water partition coefficient (Wildman–Crippen LogP) is 2.57. The van der Waals surface area contributed by atoms with Crippen LogP contribution in [0.25, 0.3) is 0 Å². The van der Waals surface area contributed by atoms with Crippen molar-refractivity contribution in [2.75, 3.05) is 0 Å². The third kappa shape index (κ3) is 4.35. The summed E-state index contributed by atoms with van der Waals surface area (Å²) in [5.74, 6) is -0.384. The molecule has 0 saturated heterocycles. The van der Waals surface area contributed by atoms with Crippen LogP contribution in [0.4, 0.5) is 4.79 Å². The van der Waals surface area contributed by atoms with E-state index in [4.69, 9.17) is 4.74 Å². The Balaban J connectivity index is 1.79. The van der Waals surface area contributed by atoms with E-state index in [9.17, 15) is 9.59 Å². The van der Waals surface area contributed by atoms with E-state index in [0.29, 0.717) is 5.56 Å². The van der Waals surface area contributed by atoms with Gasteiger partial charge in [0.2, 0.25) is 0 Å². The summed E-state index contributed by atoms with van der Waals surface area (Å²) in [7, 11) is 0. The van der Waals surface area contributed by atoms with E-state index in [-0.39, 0.29) is 12.5 Å². The zero-order valence-electron chi connectivity index (χ0n) is 11.6. The van der Waals surface area contributed by atoms with Crippen molar-refractivity contribution in [1.29, 1.82) is 0 Å². The lowest BCUT2D eigenvalue weighted by molar-refractivity contribution is 0.0904. The second-order valence-electron chi connectivity index (χ2n) is 4.46. The number of amides is 2. The molecule has 0 bridgehead atoms. The number of aryl methyl sites for hydroxylation is 1. The Bertz CT molecular complexity index is 626. The van der Waals surface area contributed by atoms with Gasteiger partial charge in [0.25, 0.3) is 5.91 Å².